The molecule has 10 heteroatoms. The Kier molecular flexibility index (Phi) is 5.90. The van der Waals surface area contributed by atoms with Crippen molar-refractivity contribution in [1.82, 2.24) is 24.5 Å². The van der Waals surface area contributed by atoms with Gasteiger partial charge in [0.15, 0.2) is 17.0 Å². The molecule has 10 nitrogen and oxygen atoms in total. The Morgan fingerprint density at radius 1 is 0.939 bits per heavy atom. The predicted molar refractivity (Wildman–Crippen MR) is 127 cm³/mol. The van der Waals surface area contributed by atoms with E-state index < -0.39 is 0 Å². The number of hydrogen-bond acceptors (Lipinski definition) is 9. The third-order valence-electron chi connectivity index (χ3n) is 5.71. The van der Waals surface area contributed by atoms with E-state index in [0.29, 0.717) is 35.9 Å². The summed E-state index contributed by atoms with van der Waals surface area (Å²) < 4.78 is 1.91. The Morgan fingerprint density at radius 3 is 2.45 bits per heavy atom. The monoisotopic (exact) mass is 446 g/mol. The fourth-order valence-corrected chi connectivity index (χ4v) is 3.95. The van der Waals surface area contributed by atoms with Crippen LogP contribution in [0.5, 0.6) is 5.75 Å². The van der Waals surface area contributed by atoms with Crippen LogP contribution in [0.2, 0.25) is 0 Å². The van der Waals surface area contributed by atoms with Crippen molar-refractivity contribution in [2.24, 2.45) is 0 Å². The van der Waals surface area contributed by atoms with Crippen molar-refractivity contribution in [1.29, 1.82) is 0 Å². The lowest BCUT2D eigenvalue weighted by Crippen LogP contribution is -2.47. The number of piperazine rings is 1. The molecule has 4 heterocycles. The van der Waals surface area contributed by atoms with Gasteiger partial charge in [-0.15, -0.1) is 0 Å². The fraction of sp³-hybridized carbons (Fsp3) is 0.304. The lowest BCUT2D eigenvalue weighted by atomic mass is 10.2. The van der Waals surface area contributed by atoms with E-state index in [0.717, 1.165) is 37.6 Å². The summed E-state index contributed by atoms with van der Waals surface area (Å²) in [5, 5.41) is 22.0. The van der Waals surface area contributed by atoms with Crippen LogP contribution in [-0.2, 0) is 0 Å². The number of nitrogens with one attached hydrogen (secondary N) is 1. The van der Waals surface area contributed by atoms with Crippen LogP contribution in [0, 0.1) is 0 Å². The summed E-state index contributed by atoms with van der Waals surface area (Å²) in [7, 11) is 0. The summed E-state index contributed by atoms with van der Waals surface area (Å²) in [6.45, 7) is 3.88. The highest BCUT2D eigenvalue weighted by Crippen LogP contribution is 2.26. The summed E-state index contributed by atoms with van der Waals surface area (Å²) in [6.07, 6.45) is 5.87. The number of benzene rings is 1. The van der Waals surface area contributed by atoms with Crippen molar-refractivity contribution >= 4 is 28.6 Å². The molecule has 1 aromatic carbocycles. The number of phenols is 1. The molecule has 0 aliphatic carbocycles. The van der Waals surface area contributed by atoms with Gasteiger partial charge in [0.1, 0.15) is 12.1 Å². The number of fused-ring (bicyclic) bond motifs is 1. The number of phenolic OH excluding ortho intramolecular Hbond substituents is 1. The SMILES string of the molecule is OCCCNc1nc(N2CCN(c3ccc(O)cc3)CC2)nc2c1ncn2-c1cccnc1. The molecule has 33 heavy (non-hydrogen) atoms. The molecule has 1 fully saturated rings. The van der Waals surface area contributed by atoms with Crippen LogP contribution in [0.1, 0.15) is 6.42 Å². The molecule has 1 aliphatic rings. The highest BCUT2D eigenvalue weighted by Gasteiger charge is 2.22. The van der Waals surface area contributed by atoms with Crippen LogP contribution in [0.4, 0.5) is 17.5 Å². The van der Waals surface area contributed by atoms with Crippen molar-refractivity contribution in [3.05, 3.63) is 55.1 Å². The van der Waals surface area contributed by atoms with Gasteiger partial charge in [0.25, 0.3) is 0 Å². The molecule has 0 bridgehead atoms. The maximum Gasteiger partial charge on any atom is 0.229 e. The normalized spacial score (nSPS) is 14.1. The first-order valence-corrected chi connectivity index (χ1v) is 11.0. The summed E-state index contributed by atoms with van der Waals surface area (Å²) in [6, 6.07) is 11.1. The van der Waals surface area contributed by atoms with E-state index in [4.69, 9.17) is 9.97 Å². The number of pyridine rings is 1. The van der Waals surface area contributed by atoms with E-state index in [1.54, 1.807) is 30.9 Å². The van der Waals surface area contributed by atoms with Gasteiger partial charge >= 0.3 is 0 Å². The fourth-order valence-electron chi connectivity index (χ4n) is 3.95. The van der Waals surface area contributed by atoms with E-state index >= 15 is 0 Å². The molecule has 0 spiro atoms. The standard InChI is InChI=1S/C23H26N8O2/c32-14-2-9-25-21-20-22(31(16-26-20)18-3-1-8-24-15-18)28-23(27-21)30-12-10-29(11-13-30)17-4-6-19(33)7-5-17/h1,3-8,15-16,32-33H,2,9-14H2,(H,25,27,28). The molecule has 0 amide bonds. The first-order chi connectivity index (χ1) is 16.2. The van der Waals surface area contributed by atoms with Gasteiger partial charge in [-0.3, -0.25) is 9.55 Å². The Bertz CT molecular complexity index is 1200. The third-order valence-corrected chi connectivity index (χ3v) is 5.71. The highest BCUT2D eigenvalue weighted by atomic mass is 16.3. The number of anilines is 3. The van der Waals surface area contributed by atoms with Crippen LogP contribution in [0.25, 0.3) is 16.9 Å². The summed E-state index contributed by atoms with van der Waals surface area (Å²) in [4.78, 5) is 22.9. The number of hydrogen-bond donors (Lipinski definition) is 3. The molecule has 1 saturated heterocycles. The Labute approximate surface area is 191 Å². The van der Waals surface area contributed by atoms with Crippen molar-refractivity contribution in [3.63, 3.8) is 0 Å². The second-order valence-corrected chi connectivity index (χ2v) is 7.86. The highest BCUT2D eigenvalue weighted by molar-refractivity contribution is 5.85. The van der Waals surface area contributed by atoms with Crippen LogP contribution in [0.15, 0.2) is 55.1 Å². The van der Waals surface area contributed by atoms with E-state index in [2.05, 4.69) is 25.1 Å². The summed E-state index contributed by atoms with van der Waals surface area (Å²) >= 11 is 0. The van der Waals surface area contributed by atoms with Gasteiger partial charge in [0.2, 0.25) is 5.95 Å². The van der Waals surface area contributed by atoms with Gasteiger partial charge in [-0.05, 0) is 42.8 Å². The molecular formula is C23H26N8O2. The quantitative estimate of drug-likeness (QED) is 0.367. The van der Waals surface area contributed by atoms with Crippen molar-refractivity contribution in [3.8, 4) is 11.4 Å². The molecule has 5 rings (SSSR count). The van der Waals surface area contributed by atoms with Crippen molar-refractivity contribution in [2.75, 3.05) is 54.4 Å². The number of aromatic nitrogens is 5. The van der Waals surface area contributed by atoms with Crippen LogP contribution in [0.3, 0.4) is 0 Å². The molecule has 0 unspecified atom stereocenters. The van der Waals surface area contributed by atoms with Crippen molar-refractivity contribution in [2.45, 2.75) is 6.42 Å². The van der Waals surface area contributed by atoms with Gasteiger partial charge < -0.3 is 25.3 Å². The van der Waals surface area contributed by atoms with E-state index in [9.17, 15) is 10.2 Å². The number of nitrogens with zero attached hydrogens (tertiary/aromatic N) is 7. The minimum Gasteiger partial charge on any atom is -0.508 e. The number of aliphatic hydroxyl groups is 1. The molecule has 0 saturated carbocycles. The van der Waals surface area contributed by atoms with Gasteiger partial charge in [-0.25, -0.2) is 4.98 Å². The number of aromatic hydroxyl groups is 1. The van der Waals surface area contributed by atoms with Crippen LogP contribution < -0.4 is 15.1 Å². The van der Waals surface area contributed by atoms with E-state index in [1.807, 2.05) is 28.8 Å². The molecular weight excluding hydrogens is 420 g/mol. The summed E-state index contributed by atoms with van der Waals surface area (Å²) in [5.41, 5.74) is 3.36. The lowest BCUT2D eigenvalue weighted by molar-refractivity contribution is 0.292. The molecule has 170 valence electrons. The first-order valence-electron chi connectivity index (χ1n) is 11.0. The maximum atomic E-state index is 9.55. The third kappa shape index (κ3) is 4.37. The van der Waals surface area contributed by atoms with Gasteiger partial charge in [-0.2, -0.15) is 9.97 Å². The Hall–Kier alpha value is -3.92. The topological polar surface area (TPSA) is 115 Å². The van der Waals surface area contributed by atoms with E-state index in [1.165, 1.54) is 0 Å². The number of rotatable bonds is 7. The van der Waals surface area contributed by atoms with Gasteiger partial charge in [0.05, 0.1) is 11.9 Å². The Morgan fingerprint density at radius 2 is 1.73 bits per heavy atom. The average molecular weight is 447 g/mol. The minimum absolute atomic E-state index is 0.109. The molecule has 0 radical (unpaired) electrons. The molecule has 1 aliphatic heterocycles. The second kappa shape index (κ2) is 9.29. The molecule has 4 aromatic rings. The number of aliphatic hydroxyl groups excluding tert-OH is 1. The van der Waals surface area contributed by atoms with Gasteiger partial charge in [-0.1, -0.05) is 0 Å². The van der Waals surface area contributed by atoms with Gasteiger partial charge in [0, 0.05) is 51.2 Å². The van der Waals surface area contributed by atoms with Crippen molar-refractivity contribution < 1.29 is 10.2 Å². The maximum absolute atomic E-state index is 9.55. The molecule has 3 N–H and O–H groups in total. The molecule has 0 atom stereocenters. The van der Waals surface area contributed by atoms with Crippen LogP contribution in [-0.4, -0.2) is 74.0 Å². The lowest BCUT2D eigenvalue weighted by Gasteiger charge is -2.36. The largest absolute Gasteiger partial charge is 0.508 e. The zero-order chi connectivity index (χ0) is 22.6. The molecule has 3 aromatic heterocycles. The smallest absolute Gasteiger partial charge is 0.229 e. The Balaban J connectivity index is 1.44. The number of imidazole rings is 1. The van der Waals surface area contributed by atoms with E-state index in [-0.39, 0.29) is 12.4 Å². The predicted octanol–water partition coefficient (Wildman–Crippen LogP) is 2.04. The second-order valence-electron chi connectivity index (χ2n) is 7.86. The summed E-state index contributed by atoms with van der Waals surface area (Å²) in [5.74, 6) is 1.57. The minimum atomic E-state index is 0.109. The van der Waals surface area contributed by atoms with Crippen LogP contribution >= 0.6 is 0 Å². The average Bonchev–Trinajstić information content (AvgIpc) is 3.30. The zero-order valence-corrected chi connectivity index (χ0v) is 18.2. The zero-order valence-electron chi connectivity index (χ0n) is 18.2. The first kappa shape index (κ1) is 21.0.